The highest BCUT2D eigenvalue weighted by Gasteiger charge is 2.22. The lowest BCUT2D eigenvalue weighted by Crippen LogP contribution is -2.14. The van der Waals surface area contributed by atoms with Crippen LogP contribution in [0.2, 0.25) is 5.02 Å². The molecular formula is C15H14ClN5O3S. The number of aromatic nitrogens is 4. The van der Waals surface area contributed by atoms with Gasteiger partial charge in [0.1, 0.15) is 10.6 Å². The van der Waals surface area contributed by atoms with Crippen LogP contribution in [0.5, 0.6) is 5.75 Å². The molecular weight excluding hydrogens is 366 g/mol. The van der Waals surface area contributed by atoms with Crippen molar-refractivity contribution in [3.63, 3.8) is 0 Å². The van der Waals surface area contributed by atoms with E-state index in [1.807, 2.05) is 0 Å². The normalized spacial score (nSPS) is 11.3. The molecule has 130 valence electrons. The maximum absolute atomic E-state index is 12.8. The highest BCUT2D eigenvalue weighted by atomic mass is 35.5. The lowest BCUT2D eigenvalue weighted by molar-refractivity contribution is 0.403. The van der Waals surface area contributed by atoms with Gasteiger partial charge >= 0.3 is 0 Å². The Kier molecular flexibility index (Phi) is 4.60. The number of tetrazole rings is 1. The molecule has 0 spiro atoms. The van der Waals surface area contributed by atoms with Gasteiger partial charge in [-0.1, -0.05) is 11.6 Å². The molecule has 1 aromatic heterocycles. The molecule has 3 rings (SSSR count). The number of hydrogen-bond donors (Lipinski definition) is 1. The molecule has 0 aliphatic carbocycles. The Morgan fingerprint density at radius 2 is 1.88 bits per heavy atom. The van der Waals surface area contributed by atoms with Crippen molar-refractivity contribution in [2.24, 2.45) is 7.05 Å². The van der Waals surface area contributed by atoms with Crippen molar-refractivity contribution in [3.05, 3.63) is 47.5 Å². The molecule has 3 aromatic rings. The van der Waals surface area contributed by atoms with Crippen LogP contribution < -0.4 is 9.46 Å². The van der Waals surface area contributed by atoms with Crippen LogP contribution in [0.3, 0.4) is 0 Å². The van der Waals surface area contributed by atoms with Gasteiger partial charge in [-0.2, -0.15) is 0 Å². The summed E-state index contributed by atoms with van der Waals surface area (Å²) in [6, 6.07) is 11.0. The van der Waals surface area contributed by atoms with Gasteiger partial charge < -0.3 is 4.74 Å². The van der Waals surface area contributed by atoms with Gasteiger partial charge in [-0.15, -0.1) is 5.10 Å². The number of sulfonamides is 1. The number of halogens is 1. The maximum Gasteiger partial charge on any atom is 0.265 e. The highest BCUT2D eigenvalue weighted by Crippen LogP contribution is 2.30. The Hall–Kier alpha value is -2.65. The van der Waals surface area contributed by atoms with Crippen LogP contribution >= 0.6 is 11.6 Å². The van der Waals surface area contributed by atoms with Gasteiger partial charge in [-0.25, -0.2) is 13.1 Å². The average Bonchev–Trinajstić information content (AvgIpc) is 3.02. The Morgan fingerprint density at radius 3 is 2.48 bits per heavy atom. The van der Waals surface area contributed by atoms with Gasteiger partial charge in [0.25, 0.3) is 10.0 Å². The fourth-order valence-corrected chi connectivity index (χ4v) is 3.61. The molecule has 0 saturated heterocycles. The van der Waals surface area contributed by atoms with Gasteiger partial charge in [0.15, 0.2) is 5.82 Å². The number of aryl methyl sites for hydroxylation is 1. The van der Waals surface area contributed by atoms with E-state index in [0.29, 0.717) is 22.1 Å². The van der Waals surface area contributed by atoms with Crippen LogP contribution in [0.1, 0.15) is 0 Å². The summed E-state index contributed by atoms with van der Waals surface area (Å²) in [6.07, 6.45) is 0. The van der Waals surface area contributed by atoms with Crippen LogP contribution in [0.4, 0.5) is 5.69 Å². The van der Waals surface area contributed by atoms with E-state index in [1.54, 1.807) is 43.4 Å². The minimum atomic E-state index is -3.89. The number of benzene rings is 2. The van der Waals surface area contributed by atoms with Gasteiger partial charge in [-0.3, -0.25) is 4.72 Å². The second-order valence-corrected chi connectivity index (χ2v) is 7.19. The highest BCUT2D eigenvalue weighted by molar-refractivity contribution is 7.92. The standard InChI is InChI=1S/C15H14ClN5O3S/c1-21-15(17-19-20-21)10-3-8-13(24-2)14(9-10)25(22,23)18-12-6-4-11(16)5-7-12/h3-9,18H,1-2H3. The number of nitrogens with zero attached hydrogens (tertiary/aromatic N) is 4. The van der Waals surface area contributed by atoms with Crippen LogP contribution in [-0.4, -0.2) is 35.7 Å². The van der Waals surface area contributed by atoms with Gasteiger partial charge in [-0.05, 0) is 52.9 Å². The second kappa shape index (κ2) is 6.69. The fourth-order valence-electron chi connectivity index (χ4n) is 2.23. The summed E-state index contributed by atoms with van der Waals surface area (Å²) >= 11 is 5.82. The molecule has 0 aliphatic heterocycles. The summed E-state index contributed by atoms with van der Waals surface area (Å²) < 4.78 is 34.7. The number of rotatable bonds is 5. The van der Waals surface area contributed by atoms with Gasteiger partial charge in [0.2, 0.25) is 0 Å². The number of hydrogen-bond acceptors (Lipinski definition) is 6. The summed E-state index contributed by atoms with van der Waals surface area (Å²) in [6.45, 7) is 0. The quantitative estimate of drug-likeness (QED) is 0.730. The molecule has 0 radical (unpaired) electrons. The van der Waals surface area contributed by atoms with Crippen molar-refractivity contribution in [1.82, 2.24) is 20.2 Å². The third kappa shape index (κ3) is 3.57. The Morgan fingerprint density at radius 1 is 1.16 bits per heavy atom. The molecule has 8 nitrogen and oxygen atoms in total. The molecule has 0 amide bonds. The predicted octanol–water partition coefficient (Wildman–Crippen LogP) is 2.34. The predicted molar refractivity (Wildman–Crippen MR) is 93.0 cm³/mol. The van der Waals surface area contributed by atoms with Crippen molar-refractivity contribution < 1.29 is 13.2 Å². The Bertz CT molecular complexity index is 1000. The molecule has 0 unspecified atom stereocenters. The smallest absolute Gasteiger partial charge is 0.265 e. The van der Waals surface area contributed by atoms with Crippen LogP contribution in [-0.2, 0) is 17.1 Å². The number of methoxy groups -OCH3 is 1. The van der Waals surface area contributed by atoms with Crippen molar-refractivity contribution >= 4 is 27.3 Å². The molecule has 1 N–H and O–H groups in total. The summed E-state index contributed by atoms with van der Waals surface area (Å²) in [5.41, 5.74) is 0.932. The van der Waals surface area contributed by atoms with E-state index >= 15 is 0 Å². The van der Waals surface area contributed by atoms with E-state index < -0.39 is 10.0 Å². The molecule has 0 saturated carbocycles. The summed E-state index contributed by atoms with van der Waals surface area (Å²) in [4.78, 5) is -0.0227. The van der Waals surface area contributed by atoms with Crippen LogP contribution in [0.25, 0.3) is 11.4 Å². The molecule has 0 atom stereocenters. The summed E-state index contributed by atoms with van der Waals surface area (Å²) in [7, 11) is -0.822. The molecule has 0 aliphatic rings. The number of ether oxygens (including phenoxy) is 1. The minimum Gasteiger partial charge on any atom is -0.495 e. The van der Waals surface area contributed by atoms with E-state index in [9.17, 15) is 8.42 Å². The maximum atomic E-state index is 12.8. The van der Waals surface area contributed by atoms with E-state index in [2.05, 4.69) is 20.2 Å². The van der Waals surface area contributed by atoms with Gasteiger partial charge in [0.05, 0.1) is 7.11 Å². The van der Waals surface area contributed by atoms with Crippen molar-refractivity contribution in [2.45, 2.75) is 4.90 Å². The molecule has 1 heterocycles. The monoisotopic (exact) mass is 379 g/mol. The first-order valence-electron chi connectivity index (χ1n) is 7.10. The fraction of sp³-hybridized carbons (Fsp3) is 0.133. The van der Waals surface area contributed by atoms with Crippen molar-refractivity contribution in [2.75, 3.05) is 11.8 Å². The molecule has 2 aromatic carbocycles. The lowest BCUT2D eigenvalue weighted by Gasteiger charge is -2.13. The second-order valence-electron chi connectivity index (χ2n) is 5.10. The first-order chi connectivity index (χ1) is 11.9. The summed E-state index contributed by atoms with van der Waals surface area (Å²) in [5.74, 6) is 0.644. The van der Waals surface area contributed by atoms with Crippen molar-refractivity contribution in [1.29, 1.82) is 0 Å². The van der Waals surface area contributed by atoms with Crippen LogP contribution in [0.15, 0.2) is 47.4 Å². The molecule has 0 bridgehead atoms. The summed E-state index contributed by atoms with van der Waals surface area (Å²) in [5, 5.41) is 11.7. The largest absolute Gasteiger partial charge is 0.495 e. The van der Waals surface area contributed by atoms with E-state index in [-0.39, 0.29) is 10.6 Å². The third-order valence-electron chi connectivity index (χ3n) is 3.43. The average molecular weight is 380 g/mol. The SMILES string of the molecule is COc1ccc(-c2nnnn2C)cc1S(=O)(=O)Nc1ccc(Cl)cc1. The zero-order chi connectivity index (χ0) is 18.0. The van der Waals surface area contributed by atoms with Gasteiger partial charge in [0, 0.05) is 23.3 Å². The Balaban J connectivity index is 2.04. The molecule has 10 heteroatoms. The van der Waals surface area contributed by atoms with E-state index in [0.717, 1.165) is 0 Å². The molecule has 25 heavy (non-hydrogen) atoms. The van der Waals surface area contributed by atoms with E-state index in [4.69, 9.17) is 16.3 Å². The zero-order valence-corrected chi connectivity index (χ0v) is 14.9. The Labute approximate surface area is 149 Å². The first-order valence-corrected chi connectivity index (χ1v) is 8.96. The number of anilines is 1. The van der Waals surface area contributed by atoms with Crippen LogP contribution in [0, 0.1) is 0 Å². The van der Waals surface area contributed by atoms with Crippen molar-refractivity contribution in [3.8, 4) is 17.1 Å². The minimum absolute atomic E-state index is 0.0227. The first kappa shape index (κ1) is 17.2. The molecule has 0 fully saturated rings. The zero-order valence-electron chi connectivity index (χ0n) is 13.3. The van der Waals surface area contributed by atoms with E-state index in [1.165, 1.54) is 17.9 Å². The number of nitrogens with one attached hydrogen (secondary N) is 1. The topological polar surface area (TPSA) is 99.0 Å². The third-order valence-corrected chi connectivity index (χ3v) is 5.08. The lowest BCUT2D eigenvalue weighted by atomic mass is 10.2.